The molecule has 0 saturated heterocycles. The van der Waals surface area contributed by atoms with Crippen LogP contribution in [-0.4, -0.2) is 16.5 Å². The van der Waals surface area contributed by atoms with Gasteiger partial charge in [-0.05, 0) is 24.6 Å². The molecular formula is C15H19N3O2. The molecule has 0 amide bonds. The molecule has 0 aliphatic rings. The van der Waals surface area contributed by atoms with E-state index in [4.69, 9.17) is 10.5 Å². The normalized spacial score (nSPS) is 10.5. The monoisotopic (exact) mass is 273 g/mol. The Bertz CT molecular complexity index is 623. The van der Waals surface area contributed by atoms with Crippen LogP contribution in [0.15, 0.2) is 35.1 Å². The third-order valence-corrected chi connectivity index (χ3v) is 2.96. The Morgan fingerprint density at radius 2 is 2.15 bits per heavy atom. The van der Waals surface area contributed by atoms with Crippen molar-refractivity contribution in [3.05, 3.63) is 57.8 Å². The van der Waals surface area contributed by atoms with Crippen molar-refractivity contribution in [2.24, 2.45) is 5.73 Å². The van der Waals surface area contributed by atoms with Gasteiger partial charge in [0.25, 0.3) is 5.56 Å². The molecule has 5 heteroatoms. The number of hydrogen-bond donors (Lipinski definition) is 2. The van der Waals surface area contributed by atoms with Gasteiger partial charge in [0, 0.05) is 18.2 Å². The van der Waals surface area contributed by atoms with Crippen LogP contribution in [0.5, 0.6) is 5.75 Å². The van der Waals surface area contributed by atoms with Gasteiger partial charge in [-0.3, -0.25) is 4.79 Å². The number of benzene rings is 1. The largest absolute Gasteiger partial charge is 0.485 e. The molecule has 1 heterocycles. The molecule has 0 saturated carbocycles. The highest BCUT2D eigenvalue weighted by molar-refractivity contribution is 5.33. The summed E-state index contributed by atoms with van der Waals surface area (Å²) in [7, 11) is 0. The molecule has 106 valence electrons. The summed E-state index contributed by atoms with van der Waals surface area (Å²) >= 11 is 0. The van der Waals surface area contributed by atoms with Crippen molar-refractivity contribution in [1.29, 1.82) is 0 Å². The maximum Gasteiger partial charge on any atom is 0.251 e. The summed E-state index contributed by atoms with van der Waals surface area (Å²) in [6, 6.07) is 9.32. The minimum atomic E-state index is -0.175. The SMILES string of the molecule is CCc1ccccc1OCc1nc(CCN)cc(=O)[nH]1. The number of nitrogens with two attached hydrogens (primary N) is 1. The van der Waals surface area contributed by atoms with E-state index in [2.05, 4.69) is 16.9 Å². The van der Waals surface area contributed by atoms with Crippen LogP contribution in [0, 0.1) is 0 Å². The molecule has 0 fully saturated rings. The van der Waals surface area contributed by atoms with Crippen molar-refractivity contribution in [1.82, 2.24) is 9.97 Å². The lowest BCUT2D eigenvalue weighted by Crippen LogP contribution is -2.16. The predicted molar refractivity (Wildman–Crippen MR) is 77.8 cm³/mol. The van der Waals surface area contributed by atoms with Crippen LogP contribution in [0.4, 0.5) is 0 Å². The molecule has 2 aromatic rings. The first-order valence-corrected chi connectivity index (χ1v) is 6.72. The second-order valence-electron chi connectivity index (χ2n) is 4.47. The lowest BCUT2D eigenvalue weighted by molar-refractivity contribution is 0.292. The third kappa shape index (κ3) is 3.68. The number of aromatic nitrogens is 2. The van der Waals surface area contributed by atoms with E-state index in [1.807, 2.05) is 24.3 Å². The smallest absolute Gasteiger partial charge is 0.251 e. The summed E-state index contributed by atoms with van der Waals surface area (Å²) in [6.07, 6.45) is 1.48. The van der Waals surface area contributed by atoms with Crippen molar-refractivity contribution in [3.8, 4) is 5.75 Å². The van der Waals surface area contributed by atoms with E-state index < -0.39 is 0 Å². The van der Waals surface area contributed by atoms with E-state index in [1.54, 1.807) is 0 Å². The highest BCUT2D eigenvalue weighted by Crippen LogP contribution is 2.18. The number of H-pyrrole nitrogens is 1. The Hall–Kier alpha value is -2.14. The van der Waals surface area contributed by atoms with Gasteiger partial charge in [-0.1, -0.05) is 25.1 Å². The average molecular weight is 273 g/mol. The Balaban J connectivity index is 2.12. The number of rotatable bonds is 6. The number of aromatic amines is 1. The molecule has 3 N–H and O–H groups in total. The summed E-state index contributed by atoms with van der Waals surface area (Å²) in [4.78, 5) is 18.5. The lowest BCUT2D eigenvalue weighted by atomic mass is 10.1. The second kappa shape index (κ2) is 6.86. The molecule has 5 nitrogen and oxygen atoms in total. The third-order valence-electron chi connectivity index (χ3n) is 2.96. The number of hydrogen-bond acceptors (Lipinski definition) is 4. The number of nitrogens with one attached hydrogen (secondary N) is 1. The van der Waals surface area contributed by atoms with E-state index >= 15 is 0 Å². The first-order chi connectivity index (χ1) is 9.72. The maximum absolute atomic E-state index is 11.5. The van der Waals surface area contributed by atoms with Gasteiger partial charge in [0.15, 0.2) is 0 Å². The Morgan fingerprint density at radius 3 is 2.90 bits per heavy atom. The molecule has 0 atom stereocenters. The van der Waals surface area contributed by atoms with Gasteiger partial charge in [0.05, 0.1) is 0 Å². The topological polar surface area (TPSA) is 81.0 Å². The molecule has 1 aromatic carbocycles. The zero-order valence-electron chi connectivity index (χ0n) is 11.6. The van der Waals surface area contributed by atoms with E-state index in [9.17, 15) is 4.79 Å². The van der Waals surface area contributed by atoms with Crippen molar-refractivity contribution in [3.63, 3.8) is 0 Å². The van der Waals surface area contributed by atoms with E-state index in [0.717, 1.165) is 17.7 Å². The van der Waals surface area contributed by atoms with Gasteiger partial charge in [-0.2, -0.15) is 0 Å². The summed E-state index contributed by atoms with van der Waals surface area (Å²) in [5, 5.41) is 0. The Labute approximate surface area is 117 Å². The van der Waals surface area contributed by atoms with Gasteiger partial charge in [0.1, 0.15) is 18.2 Å². The maximum atomic E-state index is 11.5. The quantitative estimate of drug-likeness (QED) is 0.834. The van der Waals surface area contributed by atoms with Crippen LogP contribution in [-0.2, 0) is 19.4 Å². The van der Waals surface area contributed by atoms with Crippen LogP contribution < -0.4 is 16.0 Å². The van der Waals surface area contributed by atoms with Crippen LogP contribution in [0.3, 0.4) is 0 Å². The summed E-state index contributed by atoms with van der Waals surface area (Å²) in [5.41, 5.74) is 7.13. The zero-order valence-corrected chi connectivity index (χ0v) is 11.6. The molecule has 0 spiro atoms. The Kier molecular flexibility index (Phi) is 4.90. The highest BCUT2D eigenvalue weighted by atomic mass is 16.5. The fourth-order valence-electron chi connectivity index (χ4n) is 1.99. The number of para-hydroxylation sites is 1. The minimum Gasteiger partial charge on any atom is -0.485 e. The molecule has 0 unspecified atom stereocenters. The van der Waals surface area contributed by atoms with Crippen LogP contribution in [0.25, 0.3) is 0 Å². The highest BCUT2D eigenvalue weighted by Gasteiger charge is 2.04. The fourth-order valence-corrected chi connectivity index (χ4v) is 1.99. The Morgan fingerprint density at radius 1 is 1.35 bits per heavy atom. The van der Waals surface area contributed by atoms with Gasteiger partial charge < -0.3 is 15.5 Å². The first-order valence-electron chi connectivity index (χ1n) is 6.72. The van der Waals surface area contributed by atoms with Gasteiger partial charge in [0.2, 0.25) is 0 Å². The summed E-state index contributed by atoms with van der Waals surface area (Å²) in [6.45, 7) is 2.78. The van der Waals surface area contributed by atoms with Crippen LogP contribution in [0.1, 0.15) is 24.0 Å². The van der Waals surface area contributed by atoms with Gasteiger partial charge in [-0.15, -0.1) is 0 Å². The van der Waals surface area contributed by atoms with Crippen molar-refractivity contribution >= 4 is 0 Å². The minimum absolute atomic E-state index is 0.175. The standard InChI is InChI=1S/C15H19N3O2/c1-2-11-5-3-4-6-13(11)20-10-14-17-12(7-8-16)9-15(19)18-14/h3-6,9H,2,7-8,10,16H2,1H3,(H,17,18,19). The van der Waals surface area contributed by atoms with Crippen molar-refractivity contribution in [2.75, 3.05) is 6.54 Å². The molecule has 2 rings (SSSR count). The molecule has 1 aromatic heterocycles. The zero-order chi connectivity index (χ0) is 14.4. The van der Waals surface area contributed by atoms with Crippen LogP contribution >= 0.6 is 0 Å². The molecular weight excluding hydrogens is 254 g/mol. The lowest BCUT2D eigenvalue weighted by Gasteiger charge is -2.10. The molecule has 0 aliphatic heterocycles. The number of aryl methyl sites for hydroxylation is 1. The van der Waals surface area contributed by atoms with E-state index in [0.29, 0.717) is 24.5 Å². The molecule has 0 radical (unpaired) electrons. The van der Waals surface area contributed by atoms with Gasteiger partial charge in [-0.25, -0.2) is 4.98 Å². The molecule has 0 bridgehead atoms. The number of nitrogens with zero attached hydrogens (tertiary/aromatic N) is 1. The van der Waals surface area contributed by atoms with E-state index in [1.165, 1.54) is 6.07 Å². The van der Waals surface area contributed by atoms with E-state index in [-0.39, 0.29) is 12.2 Å². The number of ether oxygens (including phenoxy) is 1. The average Bonchev–Trinajstić information content (AvgIpc) is 2.45. The second-order valence-corrected chi connectivity index (χ2v) is 4.47. The van der Waals surface area contributed by atoms with Crippen LogP contribution in [0.2, 0.25) is 0 Å². The fraction of sp³-hybridized carbons (Fsp3) is 0.333. The van der Waals surface area contributed by atoms with Crippen molar-refractivity contribution < 1.29 is 4.74 Å². The summed E-state index contributed by atoms with van der Waals surface area (Å²) in [5.74, 6) is 1.34. The summed E-state index contributed by atoms with van der Waals surface area (Å²) < 4.78 is 5.74. The van der Waals surface area contributed by atoms with Gasteiger partial charge >= 0.3 is 0 Å². The molecule has 20 heavy (non-hydrogen) atoms. The first kappa shape index (κ1) is 14.3. The van der Waals surface area contributed by atoms with Crippen molar-refractivity contribution in [2.45, 2.75) is 26.4 Å². The predicted octanol–water partition coefficient (Wildman–Crippen LogP) is 1.41. The molecule has 0 aliphatic carbocycles.